The van der Waals surface area contributed by atoms with Gasteiger partial charge in [-0.05, 0) is 25.8 Å². The van der Waals surface area contributed by atoms with E-state index in [9.17, 15) is 0 Å². The molecule has 0 saturated heterocycles. The van der Waals surface area contributed by atoms with Crippen LogP contribution in [-0.4, -0.2) is 16.7 Å². The maximum atomic E-state index is 5.38. The second kappa shape index (κ2) is 5.70. The molecule has 0 spiro atoms. The number of unbranched alkanes of at least 4 members (excludes halogenated alkanes) is 1. The highest BCUT2D eigenvalue weighted by atomic mass is 16.5. The van der Waals surface area contributed by atoms with Gasteiger partial charge in [0.1, 0.15) is 0 Å². The first-order chi connectivity index (χ1) is 6.36. The van der Waals surface area contributed by atoms with Gasteiger partial charge in [-0.1, -0.05) is 12.1 Å². The standard InChI is InChI=1S/C9H17N3O/c1-2-5-8-11-9(13-12-8)6-3-4-7-10/h2-7,10H2,1H3. The van der Waals surface area contributed by atoms with Gasteiger partial charge in [0.2, 0.25) is 5.89 Å². The minimum absolute atomic E-state index is 0.732. The molecule has 4 heteroatoms. The van der Waals surface area contributed by atoms with E-state index < -0.39 is 0 Å². The quantitative estimate of drug-likeness (QED) is 0.675. The third kappa shape index (κ3) is 3.55. The summed E-state index contributed by atoms with van der Waals surface area (Å²) in [6, 6.07) is 0. The summed E-state index contributed by atoms with van der Waals surface area (Å²) in [4.78, 5) is 4.25. The fourth-order valence-electron chi connectivity index (χ4n) is 1.14. The Morgan fingerprint density at radius 3 is 2.85 bits per heavy atom. The second-order valence-electron chi connectivity index (χ2n) is 3.10. The molecule has 0 aliphatic heterocycles. The molecule has 0 atom stereocenters. The third-order valence-electron chi connectivity index (χ3n) is 1.83. The number of hydrogen-bond acceptors (Lipinski definition) is 4. The molecule has 0 unspecified atom stereocenters. The Morgan fingerprint density at radius 2 is 2.15 bits per heavy atom. The van der Waals surface area contributed by atoms with E-state index in [1.54, 1.807) is 0 Å². The topological polar surface area (TPSA) is 64.9 Å². The number of aryl methyl sites for hydroxylation is 2. The average molecular weight is 183 g/mol. The van der Waals surface area contributed by atoms with E-state index in [0.717, 1.165) is 50.4 Å². The monoisotopic (exact) mass is 183 g/mol. The highest BCUT2D eigenvalue weighted by Gasteiger charge is 2.03. The molecule has 0 aromatic carbocycles. The molecular formula is C9H17N3O. The van der Waals surface area contributed by atoms with Crippen LogP contribution in [0.4, 0.5) is 0 Å². The molecule has 1 aromatic rings. The van der Waals surface area contributed by atoms with Gasteiger partial charge in [-0.15, -0.1) is 0 Å². The molecule has 0 aliphatic rings. The van der Waals surface area contributed by atoms with Gasteiger partial charge in [0, 0.05) is 12.8 Å². The highest BCUT2D eigenvalue weighted by Crippen LogP contribution is 2.03. The summed E-state index contributed by atoms with van der Waals surface area (Å²) in [5.74, 6) is 1.57. The molecule has 13 heavy (non-hydrogen) atoms. The van der Waals surface area contributed by atoms with Crippen molar-refractivity contribution in [3.05, 3.63) is 11.7 Å². The zero-order valence-corrected chi connectivity index (χ0v) is 8.12. The summed E-state index contributed by atoms with van der Waals surface area (Å²) in [5.41, 5.74) is 5.38. The SMILES string of the molecule is CCCc1noc(CCCCN)n1. The van der Waals surface area contributed by atoms with E-state index in [1.165, 1.54) is 0 Å². The number of nitrogens with two attached hydrogens (primary N) is 1. The van der Waals surface area contributed by atoms with Crippen molar-refractivity contribution in [2.45, 2.75) is 39.0 Å². The van der Waals surface area contributed by atoms with Crippen LogP contribution in [0.3, 0.4) is 0 Å². The smallest absolute Gasteiger partial charge is 0.226 e. The van der Waals surface area contributed by atoms with E-state index in [2.05, 4.69) is 17.1 Å². The van der Waals surface area contributed by atoms with Crippen molar-refractivity contribution >= 4 is 0 Å². The van der Waals surface area contributed by atoms with E-state index >= 15 is 0 Å². The first kappa shape index (κ1) is 10.2. The van der Waals surface area contributed by atoms with Crippen molar-refractivity contribution < 1.29 is 4.52 Å². The number of nitrogens with zero attached hydrogens (tertiary/aromatic N) is 2. The normalized spacial score (nSPS) is 10.6. The van der Waals surface area contributed by atoms with Crippen molar-refractivity contribution in [2.75, 3.05) is 6.54 Å². The van der Waals surface area contributed by atoms with Crippen LogP contribution in [-0.2, 0) is 12.8 Å². The van der Waals surface area contributed by atoms with Crippen molar-refractivity contribution in [1.29, 1.82) is 0 Å². The van der Waals surface area contributed by atoms with Crippen LogP contribution in [0.25, 0.3) is 0 Å². The van der Waals surface area contributed by atoms with Gasteiger partial charge in [0.05, 0.1) is 0 Å². The molecule has 4 nitrogen and oxygen atoms in total. The molecule has 0 bridgehead atoms. The summed E-state index contributed by atoms with van der Waals surface area (Å²) >= 11 is 0. The summed E-state index contributed by atoms with van der Waals surface area (Å²) in [6.45, 7) is 2.83. The predicted molar refractivity (Wildman–Crippen MR) is 50.3 cm³/mol. The van der Waals surface area contributed by atoms with Gasteiger partial charge in [0.25, 0.3) is 0 Å². The van der Waals surface area contributed by atoms with E-state index in [4.69, 9.17) is 10.3 Å². The fraction of sp³-hybridized carbons (Fsp3) is 0.778. The lowest BCUT2D eigenvalue weighted by molar-refractivity contribution is 0.369. The summed E-state index contributed by atoms with van der Waals surface area (Å²) < 4.78 is 5.06. The first-order valence-electron chi connectivity index (χ1n) is 4.88. The zero-order chi connectivity index (χ0) is 9.52. The lowest BCUT2D eigenvalue weighted by atomic mass is 10.2. The van der Waals surface area contributed by atoms with Gasteiger partial charge in [-0.3, -0.25) is 0 Å². The third-order valence-corrected chi connectivity index (χ3v) is 1.83. The molecule has 2 N–H and O–H groups in total. The minimum atomic E-state index is 0.732. The Balaban J connectivity index is 2.31. The van der Waals surface area contributed by atoms with Crippen molar-refractivity contribution in [1.82, 2.24) is 10.1 Å². The summed E-state index contributed by atoms with van der Waals surface area (Å²) in [5, 5.41) is 3.87. The molecule has 0 fully saturated rings. The lowest BCUT2D eigenvalue weighted by Crippen LogP contribution is -1.99. The van der Waals surface area contributed by atoms with Gasteiger partial charge >= 0.3 is 0 Å². The predicted octanol–water partition coefficient (Wildman–Crippen LogP) is 1.30. The van der Waals surface area contributed by atoms with Crippen molar-refractivity contribution in [3.8, 4) is 0 Å². The Morgan fingerprint density at radius 1 is 1.31 bits per heavy atom. The molecule has 74 valence electrons. The van der Waals surface area contributed by atoms with Crippen LogP contribution < -0.4 is 5.73 Å². The largest absolute Gasteiger partial charge is 0.339 e. The van der Waals surface area contributed by atoms with Crippen LogP contribution >= 0.6 is 0 Å². The molecule has 0 saturated carbocycles. The second-order valence-corrected chi connectivity index (χ2v) is 3.10. The van der Waals surface area contributed by atoms with Gasteiger partial charge < -0.3 is 10.3 Å². The molecule has 0 radical (unpaired) electrons. The first-order valence-corrected chi connectivity index (χ1v) is 4.88. The summed E-state index contributed by atoms with van der Waals surface area (Å²) in [7, 11) is 0. The van der Waals surface area contributed by atoms with Crippen LogP contribution in [0.1, 0.15) is 37.9 Å². The minimum Gasteiger partial charge on any atom is -0.339 e. The molecule has 1 rings (SSSR count). The Bertz CT molecular complexity index is 235. The van der Waals surface area contributed by atoms with Crippen molar-refractivity contribution in [3.63, 3.8) is 0 Å². The average Bonchev–Trinajstić information content (AvgIpc) is 2.54. The maximum absolute atomic E-state index is 5.38. The maximum Gasteiger partial charge on any atom is 0.226 e. The number of hydrogen-bond donors (Lipinski definition) is 1. The zero-order valence-electron chi connectivity index (χ0n) is 8.12. The Hall–Kier alpha value is -0.900. The molecule has 0 aliphatic carbocycles. The Labute approximate surface area is 78.5 Å². The van der Waals surface area contributed by atoms with Gasteiger partial charge in [-0.2, -0.15) is 4.98 Å². The van der Waals surface area contributed by atoms with Gasteiger partial charge in [-0.25, -0.2) is 0 Å². The van der Waals surface area contributed by atoms with E-state index in [1.807, 2.05) is 0 Å². The van der Waals surface area contributed by atoms with Crippen LogP contribution in [0.15, 0.2) is 4.52 Å². The lowest BCUT2D eigenvalue weighted by Gasteiger charge is -1.91. The fourth-order valence-corrected chi connectivity index (χ4v) is 1.14. The molecular weight excluding hydrogens is 166 g/mol. The van der Waals surface area contributed by atoms with Crippen LogP contribution in [0.2, 0.25) is 0 Å². The van der Waals surface area contributed by atoms with Crippen molar-refractivity contribution in [2.24, 2.45) is 5.73 Å². The number of aromatic nitrogens is 2. The van der Waals surface area contributed by atoms with E-state index in [0.29, 0.717) is 0 Å². The molecule has 1 aromatic heterocycles. The van der Waals surface area contributed by atoms with Crippen LogP contribution in [0.5, 0.6) is 0 Å². The summed E-state index contributed by atoms with van der Waals surface area (Å²) in [6.07, 6.45) is 4.87. The van der Waals surface area contributed by atoms with E-state index in [-0.39, 0.29) is 0 Å². The number of rotatable bonds is 6. The van der Waals surface area contributed by atoms with Gasteiger partial charge in [0.15, 0.2) is 5.82 Å². The Kier molecular flexibility index (Phi) is 4.46. The van der Waals surface area contributed by atoms with Crippen LogP contribution in [0, 0.1) is 0 Å². The molecule has 0 amide bonds. The molecule has 1 heterocycles. The highest BCUT2D eigenvalue weighted by molar-refractivity contribution is 4.86.